The van der Waals surface area contributed by atoms with E-state index >= 15 is 0 Å². The van der Waals surface area contributed by atoms with Crippen LogP contribution in [0.15, 0.2) is 23.1 Å². The van der Waals surface area contributed by atoms with Crippen LogP contribution in [0.3, 0.4) is 0 Å². The van der Waals surface area contributed by atoms with Gasteiger partial charge in [0.1, 0.15) is 5.75 Å². The molecule has 1 heterocycles. The highest BCUT2D eigenvalue weighted by Crippen LogP contribution is 2.28. The molecule has 1 aromatic rings. The average Bonchev–Trinajstić information content (AvgIpc) is 2.64. The van der Waals surface area contributed by atoms with Crippen LogP contribution in [0.25, 0.3) is 0 Å². The molecule has 1 aliphatic rings. The molecule has 7 heteroatoms. The normalized spacial score (nSPS) is 18.5. The zero-order valence-electron chi connectivity index (χ0n) is 16.2. The van der Waals surface area contributed by atoms with Crippen LogP contribution in [-0.2, 0) is 14.8 Å². The van der Waals surface area contributed by atoms with Gasteiger partial charge in [-0.25, -0.2) is 8.42 Å². The van der Waals surface area contributed by atoms with E-state index in [-0.39, 0.29) is 23.3 Å². The van der Waals surface area contributed by atoms with Gasteiger partial charge >= 0.3 is 0 Å². The zero-order valence-corrected chi connectivity index (χ0v) is 17.0. The number of hydrogen-bond donors (Lipinski definition) is 0. The molecule has 0 spiro atoms. The minimum absolute atomic E-state index is 0.0535. The lowest BCUT2D eigenvalue weighted by Crippen LogP contribution is -2.46. The Labute approximate surface area is 157 Å². The van der Waals surface area contributed by atoms with E-state index in [1.54, 1.807) is 23.1 Å². The van der Waals surface area contributed by atoms with Crippen molar-refractivity contribution in [2.45, 2.75) is 45.4 Å². The van der Waals surface area contributed by atoms with Crippen molar-refractivity contribution in [1.82, 2.24) is 9.21 Å². The fourth-order valence-electron chi connectivity index (χ4n) is 3.40. The predicted molar refractivity (Wildman–Crippen MR) is 102 cm³/mol. The maximum atomic E-state index is 13.0. The van der Waals surface area contributed by atoms with E-state index in [1.807, 2.05) is 27.7 Å². The smallest absolute Gasteiger partial charge is 0.243 e. The number of aryl methyl sites for hydroxylation is 1. The number of ether oxygens (including phenoxy) is 1. The van der Waals surface area contributed by atoms with E-state index in [1.165, 1.54) is 4.31 Å². The van der Waals surface area contributed by atoms with Crippen molar-refractivity contribution in [1.29, 1.82) is 0 Å². The molecule has 1 fully saturated rings. The first-order valence-electron chi connectivity index (χ1n) is 9.37. The minimum atomic E-state index is -3.61. The Morgan fingerprint density at radius 2 is 1.96 bits per heavy atom. The first-order valence-corrected chi connectivity index (χ1v) is 10.8. The summed E-state index contributed by atoms with van der Waals surface area (Å²) in [7, 11) is -3.61. The summed E-state index contributed by atoms with van der Waals surface area (Å²) < 4.78 is 33.0. The number of sulfonamides is 1. The van der Waals surface area contributed by atoms with Crippen LogP contribution in [0, 0.1) is 12.8 Å². The van der Waals surface area contributed by atoms with Crippen molar-refractivity contribution in [3.63, 3.8) is 0 Å². The van der Waals surface area contributed by atoms with Gasteiger partial charge in [-0.3, -0.25) is 4.79 Å². The molecule has 1 amide bonds. The highest BCUT2D eigenvalue weighted by molar-refractivity contribution is 7.89. The van der Waals surface area contributed by atoms with Gasteiger partial charge in [0.05, 0.1) is 17.4 Å². The van der Waals surface area contributed by atoms with Crippen molar-refractivity contribution in [3.8, 4) is 5.75 Å². The second kappa shape index (κ2) is 8.86. The van der Waals surface area contributed by atoms with E-state index in [9.17, 15) is 13.2 Å². The average molecular weight is 383 g/mol. The highest BCUT2D eigenvalue weighted by Gasteiger charge is 2.34. The van der Waals surface area contributed by atoms with E-state index in [4.69, 9.17) is 4.74 Å². The Hall–Kier alpha value is -1.60. The molecular weight excluding hydrogens is 352 g/mol. The van der Waals surface area contributed by atoms with Gasteiger partial charge in [0.15, 0.2) is 0 Å². The summed E-state index contributed by atoms with van der Waals surface area (Å²) >= 11 is 0. The molecule has 1 saturated heterocycles. The molecule has 0 aromatic heterocycles. The van der Waals surface area contributed by atoms with Crippen LogP contribution < -0.4 is 4.74 Å². The van der Waals surface area contributed by atoms with Gasteiger partial charge in [-0.15, -0.1) is 0 Å². The molecule has 6 nitrogen and oxygen atoms in total. The number of amides is 1. The SMILES string of the molecule is CCOc1ccc(S(=O)(=O)N2CCC[C@@H](C(=O)N(CC)CC)C2)cc1C. The van der Waals surface area contributed by atoms with Crippen LogP contribution in [0.1, 0.15) is 39.2 Å². The summed E-state index contributed by atoms with van der Waals surface area (Å²) in [5.41, 5.74) is 0.792. The number of nitrogens with zero attached hydrogens (tertiary/aromatic N) is 2. The van der Waals surface area contributed by atoms with Crippen molar-refractivity contribution < 1.29 is 17.9 Å². The lowest BCUT2D eigenvalue weighted by molar-refractivity contribution is -0.136. The Balaban J connectivity index is 2.20. The monoisotopic (exact) mass is 382 g/mol. The van der Waals surface area contributed by atoms with Crippen molar-refractivity contribution in [3.05, 3.63) is 23.8 Å². The van der Waals surface area contributed by atoms with Gasteiger partial charge in [-0.05, 0) is 64.3 Å². The third-order valence-corrected chi connectivity index (χ3v) is 6.75. The zero-order chi connectivity index (χ0) is 19.3. The van der Waals surface area contributed by atoms with Crippen LogP contribution in [-0.4, -0.2) is 56.3 Å². The Morgan fingerprint density at radius 1 is 1.27 bits per heavy atom. The standard InChI is InChI=1S/C19H30N2O4S/c1-5-20(6-2)19(22)16-9-8-12-21(14-16)26(23,24)17-10-11-18(25-7-3)15(4)13-17/h10-11,13,16H,5-9,12,14H2,1-4H3/t16-/m1/s1. The van der Waals surface area contributed by atoms with Gasteiger partial charge in [0.25, 0.3) is 0 Å². The minimum Gasteiger partial charge on any atom is -0.494 e. The van der Waals surface area contributed by atoms with Crippen LogP contribution in [0.5, 0.6) is 5.75 Å². The quantitative estimate of drug-likeness (QED) is 0.727. The molecular formula is C19H30N2O4S. The largest absolute Gasteiger partial charge is 0.494 e. The fraction of sp³-hybridized carbons (Fsp3) is 0.632. The molecule has 0 radical (unpaired) electrons. The van der Waals surface area contributed by atoms with Crippen LogP contribution in [0.2, 0.25) is 0 Å². The van der Waals surface area contributed by atoms with E-state index in [2.05, 4.69) is 0 Å². The third-order valence-electron chi connectivity index (χ3n) is 4.89. The molecule has 146 valence electrons. The van der Waals surface area contributed by atoms with Crippen molar-refractivity contribution >= 4 is 15.9 Å². The van der Waals surface area contributed by atoms with Gasteiger partial charge in [-0.2, -0.15) is 4.31 Å². The van der Waals surface area contributed by atoms with Crippen molar-refractivity contribution in [2.75, 3.05) is 32.8 Å². The Kier molecular flexibility index (Phi) is 7.06. The maximum Gasteiger partial charge on any atom is 0.243 e. The Bertz CT molecular complexity index is 729. The molecule has 0 saturated carbocycles. The maximum absolute atomic E-state index is 13.0. The molecule has 0 N–H and O–H groups in total. The summed E-state index contributed by atoms with van der Waals surface area (Å²) in [4.78, 5) is 14.7. The highest BCUT2D eigenvalue weighted by atomic mass is 32.2. The number of benzene rings is 1. The summed E-state index contributed by atoms with van der Waals surface area (Å²) in [6.45, 7) is 10.2. The molecule has 0 unspecified atom stereocenters. The molecule has 1 aliphatic heterocycles. The van der Waals surface area contributed by atoms with Gasteiger partial charge in [0, 0.05) is 26.2 Å². The summed E-state index contributed by atoms with van der Waals surface area (Å²) in [6.07, 6.45) is 1.44. The number of hydrogen-bond acceptors (Lipinski definition) is 4. The van der Waals surface area contributed by atoms with E-state index < -0.39 is 10.0 Å². The van der Waals surface area contributed by atoms with Gasteiger partial charge in [-0.1, -0.05) is 0 Å². The molecule has 0 aliphatic carbocycles. The summed E-state index contributed by atoms with van der Waals surface area (Å²) in [5.74, 6) is 0.486. The predicted octanol–water partition coefficient (Wildman–Crippen LogP) is 2.66. The molecule has 0 bridgehead atoms. The molecule has 2 rings (SSSR count). The molecule has 1 aromatic carbocycles. The van der Waals surface area contributed by atoms with Gasteiger partial charge < -0.3 is 9.64 Å². The lowest BCUT2D eigenvalue weighted by Gasteiger charge is -2.33. The number of piperidine rings is 1. The van der Waals surface area contributed by atoms with E-state index in [0.29, 0.717) is 38.4 Å². The van der Waals surface area contributed by atoms with E-state index in [0.717, 1.165) is 12.0 Å². The summed E-state index contributed by atoms with van der Waals surface area (Å²) in [5, 5.41) is 0. The Morgan fingerprint density at radius 3 is 2.54 bits per heavy atom. The van der Waals surface area contributed by atoms with Crippen LogP contribution >= 0.6 is 0 Å². The first-order chi connectivity index (χ1) is 12.3. The van der Waals surface area contributed by atoms with Crippen LogP contribution in [0.4, 0.5) is 0 Å². The first kappa shape index (κ1) is 20.7. The topological polar surface area (TPSA) is 66.9 Å². The number of carbonyl (C=O) groups excluding carboxylic acids is 1. The number of rotatable bonds is 7. The van der Waals surface area contributed by atoms with Crippen molar-refractivity contribution in [2.24, 2.45) is 5.92 Å². The second-order valence-corrected chi connectivity index (χ2v) is 8.51. The molecule has 26 heavy (non-hydrogen) atoms. The molecule has 1 atom stereocenters. The number of carbonyl (C=O) groups is 1. The third kappa shape index (κ3) is 4.38. The van der Waals surface area contributed by atoms with Gasteiger partial charge in [0.2, 0.25) is 15.9 Å². The lowest BCUT2D eigenvalue weighted by atomic mass is 9.98. The summed E-state index contributed by atoms with van der Waals surface area (Å²) in [6, 6.07) is 4.94. The fourth-order valence-corrected chi connectivity index (χ4v) is 5.01. The second-order valence-electron chi connectivity index (χ2n) is 6.57.